The first-order chi connectivity index (χ1) is 12.6. The van der Waals surface area contributed by atoms with E-state index in [1.54, 1.807) is 12.4 Å². The maximum absolute atomic E-state index is 11.5. The number of carbonyl (C=O) groups is 2. The molecule has 2 N–H and O–H groups in total. The van der Waals surface area contributed by atoms with Gasteiger partial charge in [0.05, 0.1) is 11.4 Å². The van der Waals surface area contributed by atoms with Gasteiger partial charge in [-0.15, -0.1) is 0 Å². The first-order valence-corrected chi connectivity index (χ1v) is 8.04. The van der Waals surface area contributed by atoms with E-state index < -0.39 is 0 Å². The highest BCUT2D eigenvalue weighted by molar-refractivity contribution is 5.77. The van der Waals surface area contributed by atoms with Crippen molar-refractivity contribution < 1.29 is 19.1 Å². The van der Waals surface area contributed by atoms with Crippen LogP contribution in [0.15, 0.2) is 36.7 Å². The monoisotopic (exact) mass is 358 g/mol. The van der Waals surface area contributed by atoms with Crippen LogP contribution in [0.25, 0.3) is 11.4 Å². The minimum absolute atomic E-state index is 0.0241. The lowest BCUT2D eigenvalue weighted by Crippen LogP contribution is -2.26. The molecule has 0 unspecified atom stereocenters. The van der Waals surface area contributed by atoms with Crippen molar-refractivity contribution in [3.05, 3.63) is 47.8 Å². The Morgan fingerprint density at radius 1 is 0.846 bits per heavy atom. The van der Waals surface area contributed by atoms with Gasteiger partial charge >= 0.3 is 0 Å². The molecule has 0 fully saturated rings. The Morgan fingerprint density at radius 2 is 1.27 bits per heavy atom. The second-order valence-corrected chi connectivity index (χ2v) is 5.52. The van der Waals surface area contributed by atoms with Crippen LogP contribution in [0.5, 0.6) is 0 Å². The van der Waals surface area contributed by atoms with Gasteiger partial charge < -0.3 is 20.1 Å². The van der Waals surface area contributed by atoms with Crippen LogP contribution in [0.3, 0.4) is 0 Å². The number of aromatic nitrogens is 2. The summed E-state index contributed by atoms with van der Waals surface area (Å²) in [5.74, 6) is -0.365. The number of hydrogen-bond donors (Lipinski definition) is 2. The Balaban J connectivity index is 2.04. The number of pyridine rings is 2. The number of methoxy groups -OCH3 is 2. The number of hydrogen-bond acceptors (Lipinski definition) is 6. The average Bonchev–Trinajstić information content (AvgIpc) is 2.66. The third-order valence-electron chi connectivity index (χ3n) is 3.44. The molecule has 8 nitrogen and oxygen atoms in total. The van der Waals surface area contributed by atoms with Crippen molar-refractivity contribution in [3.63, 3.8) is 0 Å². The van der Waals surface area contributed by atoms with Crippen LogP contribution in [-0.2, 0) is 32.2 Å². The predicted molar refractivity (Wildman–Crippen MR) is 94.9 cm³/mol. The van der Waals surface area contributed by atoms with E-state index in [9.17, 15) is 9.59 Å². The fourth-order valence-corrected chi connectivity index (χ4v) is 2.21. The summed E-state index contributed by atoms with van der Waals surface area (Å²) in [6.07, 6.45) is 3.34. The number of nitrogens with zero attached hydrogens (tertiary/aromatic N) is 2. The van der Waals surface area contributed by atoms with E-state index in [0.29, 0.717) is 24.5 Å². The molecule has 0 aliphatic carbocycles. The maximum atomic E-state index is 11.5. The first-order valence-electron chi connectivity index (χ1n) is 8.04. The van der Waals surface area contributed by atoms with Gasteiger partial charge in [-0.2, -0.15) is 0 Å². The van der Waals surface area contributed by atoms with E-state index in [1.807, 2.05) is 24.3 Å². The standard InChI is InChI=1S/C18H22N4O4/c1-25-11-17(23)21-9-13-3-5-19-15(7-13)16-8-14(4-6-20-16)10-22-18(24)12-26-2/h3-8H,9-12H2,1-2H3,(H,21,23)(H,22,24). The highest BCUT2D eigenvalue weighted by Gasteiger charge is 2.06. The summed E-state index contributed by atoms with van der Waals surface area (Å²) in [7, 11) is 2.95. The summed E-state index contributed by atoms with van der Waals surface area (Å²) < 4.78 is 9.56. The number of ether oxygens (including phenoxy) is 2. The van der Waals surface area contributed by atoms with Crippen LogP contribution in [0.2, 0.25) is 0 Å². The Labute approximate surface area is 151 Å². The second-order valence-electron chi connectivity index (χ2n) is 5.52. The minimum Gasteiger partial charge on any atom is -0.375 e. The summed E-state index contributed by atoms with van der Waals surface area (Å²) in [5, 5.41) is 5.53. The van der Waals surface area contributed by atoms with E-state index in [4.69, 9.17) is 9.47 Å². The number of rotatable bonds is 9. The molecule has 2 rings (SSSR count). The molecule has 2 aromatic rings. The second kappa shape index (κ2) is 10.2. The Morgan fingerprint density at radius 3 is 1.65 bits per heavy atom. The van der Waals surface area contributed by atoms with Crippen LogP contribution in [0.1, 0.15) is 11.1 Å². The van der Waals surface area contributed by atoms with Gasteiger partial charge in [0.15, 0.2) is 0 Å². The van der Waals surface area contributed by atoms with Gasteiger partial charge in [-0.1, -0.05) is 0 Å². The van der Waals surface area contributed by atoms with Crippen molar-refractivity contribution in [1.82, 2.24) is 20.6 Å². The third-order valence-corrected chi connectivity index (χ3v) is 3.44. The third kappa shape index (κ3) is 6.23. The molecule has 26 heavy (non-hydrogen) atoms. The summed E-state index contributed by atoms with van der Waals surface area (Å²) in [6.45, 7) is 0.807. The van der Waals surface area contributed by atoms with Crippen LogP contribution in [-0.4, -0.2) is 49.2 Å². The quantitative estimate of drug-likeness (QED) is 0.683. The van der Waals surface area contributed by atoms with E-state index in [-0.39, 0.29) is 25.0 Å². The fraction of sp³-hybridized carbons (Fsp3) is 0.333. The van der Waals surface area contributed by atoms with Crippen molar-refractivity contribution in [3.8, 4) is 11.4 Å². The lowest BCUT2D eigenvalue weighted by molar-refractivity contribution is -0.125. The van der Waals surface area contributed by atoms with E-state index in [2.05, 4.69) is 20.6 Å². The van der Waals surface area contributed by atoms with Crippen molar-refractivity contribution in [2.45, 2.75) is 13.1 Å². The molecule has 2 amide bonds. The maximum Gasteiger partial charge on any atom is 0.246 e. The molecule has 0 aliphatic rings. The average molecular weight is 358 g/mol. The molecule has 0 atom stereocenters. The lowest BCUT2D eigenvalue weighted by Gasteiger charge is -2.08. The van der Waals surface area contributed by atoms with Crippen LogP contribution in [0, 0.1) is 0 Å². The normalized spacial score (nSPS) is 10.4. The topological polar surface area (TPSA) is 102 Å². The summed E-state index contributed by atoms with van der Waals surface area (Å²) in [5.41, 5.74) is 3.18. The molecular formula is C18H22N4O4. The summed E-state index contributed by atoms with van der Waals surface area (Å²) >= 11 is 0. The largest absolute Gasteiger partial charge is 0.375 e. The van der Waals surface area contributed by atoms with Crippen molar-refractivity contribution in [2.75, 3.05) is 27.4 Å². The first kappa shape index (κ1) is 19.5. The molecule has 2 aromatic heterocycles. The van der Waals surface area contributed by atoms with Gasteiger partial charge in [0.2, 0.25) is 11.8 Å². The zero-order chi connectivity index (χ0) is 18.8. The molecule has 0 aromatic carbocycles. The molecule has 0 aliphatic heterocycles. The number of nitrogens with one attached hydrogen (secondary N) is 2. The summed E-state index contributed by atoms with van der Waals surface area (Å²) in [4.78, 5) is 31.6. The van der Waals surface area contributed by atoms with E-state index in [0.717, 1.165) is 11.1 Å². The predicted octanol–water partition coefficient (Wildman–Crippen LogP) is 0.669. The molecule has 8 heteroatoms. The Kier molecular flexibility index (Phi) is 7.66. The zero-order valence-corrected chi connectivity index (χ0v) is 14.8. The van der Waals surface area contributed by atoms with Crippen LogP contribution < -0.4 is 10.6 Å². The molecule has 0 bridgehead atoms. The molecular weight excluding hydrogens is 336 g/mol. The SMILES string of the molecule is COCC(=O)NCc1ccnc(-c2cc(CNC(=O)COC)ccn2)c1. The molecule has 138 valence electrons. The number of carbonyl (C=O) groups excluding carboxylic acids is 2. The van der Waals surface area contributed by atoms with Crippen LogP contribution >= 0.6 is 0 Å². The Hall–Kier alpha value is -2.84. The van der Waals surface area contributed by atoms with Crippen molar-refractivity contribution in [2.24, 2.45) is 0 Å². The highest BCUT2D eigenvalue weighted by Crippen LogP contribution is 2.16. The fourth-order valence-electron chi connectivity index (χ4n) is 2.21. The van der Waals surface area contributed by atoms with Crippen LogP contribution in [0.4, 0.5) is 0 Å². The van der Waals surface area contributed by atoms with Gasteiger partial charge in [-0.3, -0.25) is 19.6 Å². The van der Waals surface area contributed by atoms with Crippen molar-refractivity contribution in [1.29, 1.82) is 0 Å². The van der Waals surface area contributed by atoms with Gasteiger partial charge in [-0.05, 0) is 35.4 Å². The van der Waals surface area contributed by atoms with Gasteiger partial charge in [0.25, 0.3) is 0 Å². The molecule has 0 radical (unpaired) electrons. The highest BCUT2D eigenvalue weighted by atomic mass is 16.5. The lowest BCUT2D eigenvalue weighted by atomic mass is 10.1. The smallest absolute Gasteiger partial charge is 0.246 e. The summed E-state index contributed by atoms with van der Waals surface area (Å²) in [6, 6.07) is 7.38. The van der Waals surface area contributed by atoms with Crippen molar-refractivity contribution >= 4 is 11.8 Å². The molecule has 0 spiro atoms. The minimum atomic E-state index is -0.183. The molecule has 2 heterocycles. The van der Waals surface area contributed by atoms with E-state index >= 15 is 0 Å². The van der Waals surface area contributed by atoms with Gasteiger partial charge in [0, 0.05) is 39.7 Å². The van der Waals surface area contributed by atoms with E-state index in [1.165, 1.54) is 14.2 Å². The van der Waals surface area contributed by atoms with Gasteiger partial charge in [0.1, 0.15) is 13.2 Å². The molecule has 0 saturated carbocycles. The zero-order valence-electron chi connectivity index (χ0n) is 14.8. The Bertz CT molecular complexity index is 688. The van der Waals surface area contributed by atoms with Gasteiger partial charge in [-0.25, -0.2) is 0 Å². The number of amides is 2. The molecule has 0 saturated heterocycles.